The van der Waals surface area contributed by atoms with Crippen molar-refractivity contribution in [2.24, 2.45) is 5.73 Å². The first-order chi connectivity index (χ1) is 12.2. The van der Waals surface area contributed by atoms with Crippen LogP contribution >= 0.6 is 0 Å². The summed E-state index contributed by atoms with van der Waals surface area (Å²) in [6.07, 6.45) is 10.5. The Hall–Kier alpha value is -3.26. The van der Waals surface area contributed by atoms with Crippen LogP contribution in [0.2, 0.25) is 0 Å². The van der Waals surface area contributed by atoms with Gasteiger partial charge in [-0.15, -0.1) is 0 Å². The zero-order valence-corrected chi connectivity index (χ0v) is 13.6. The minimum atomic E-state index is -0.0692. The first-order valence-corrected chi connectivity index (χ1v) is 7.88. The predicted molar refractivity (Wildman–Crippen MR) is 93.8 cm³/mol. The van der Waals surface area contributed by atoms with Crippen molar-refractivity contribution in [2.75, 3.05) is 6.61 Å². The Balaban J connectivity index is 1.74. The molecule has 4 rings (SSSR count). The van der Waals surface area contributed by atoms with Crippen LogP contribution in [0.5, 0.6) is 5.88 Å². The fourth-order valence-corrected chi connectivity index (χ4v) is 2.55. The quantitative estimate of drug-likeness (QED) is 0.514. The number of aromatic nitrogens is 6. The molecule has 25 heavy (non-hydrogen) atoms. The lowest BCUT2D eigenvalue weighted by atomic mass is 10.1. The summed E-state index contributed by atoms with van der Waals surface area (Å²) in [6, 6.07) is 1.98. The Morgan fingerprint density at radius 2 is 2.08 bits per heavy atom. The van der Waals surface area contributed by atoms with Crippen molar-refractivity contribution in [1.29, 1.82) is 0 Å². The molecule has 0 aliphatic rings. The van der Waals surface area contributed by atoms with Gasteiger partial charge in [0.05, 0.1) is 24.3 Å². The van der Waals surface area contributed by atoms with E-state index in [0.717, 1.165) is 27.7 Å². The maximum absolute atomic E-state index is 5.72. The van der Waals surface area contributed by atoms with Crippen molar-refractivity contribution < 1.29 is 4.74 Å². The fraction of sp³-hybridized carbons (Fsp3) is 0.176. The van der Waals surface area contributed by atoms with Crippen molar-refractivity contribution in [3.8, 4) is 28.3 Å². The first-order valence-electron chi connectivity index (χ1n) is 7.88. The van der Waals surface area contributed by atoms with E-state index in [-0.39, 0.29) is 6.04 Å². The predicted octanol–water partition coefficient (Wildman–Crippen LogP) is 2.14. The number of nitrogens with two attached hydrogens (primary N) is 1. The molecule has 0 aromatic carbocycles. The Kier molecular flexibility index (Phi) is 3.87. The molecule has 4 heterocycles. The highest BCUT2D eigenvalue weighted by molar-refractivity contribution is 5.94. The molecule has 0 unspecified atom stereocenters. The maximum Gasteiger partial charge on any atom is 0.232 e. The summed E-state index contributed by atoms with van der Waals surface area (Å²) in [5.41, 5.74) is 10.1. The van der Waals surface area contributed by atoms with Crippen molar-refractivity contribution in [1.82, 2.24) is 30.1 Å². The zero-order chi connectivity index (χ0) is 17.2. The van der Waals surface area contributed by atoms with E-state index < -0.39 is 0 Å². The zero-order valence-electron chi connectivity index (χ0n) is 13.6. The lowest BCUT2D eigenvalue weighted by molar-refractivity contribution is 0.284. The van der Waals surface area contributed by atoms with Crippen molar-refractivity contribution >= 4 is 11.0 Å². The Morgan fingerprint density at radius 3 is 2.88 bits per heavy atom. The number of hydrogen-bond acceptors (Lipinski definition) is 6. The number of H-pyrrole nitrogens is 2. The van der Waals surface area contributed by atoms with Crippen LogP contribution in [-0.4, -0.2) is 42.8 Å². The molecule has 1 atom stereocenters. The number of nitrogens with zero attached hydrogens (tertiary/aromatic N) is 4. The van der Waals surface area contributed by atoms with Crippen LogP contribution in [0, 0.1) is 0 Å². The summed E-state index contributed by atoms with van der Waals surface area (Å²) in [5, 5.41) is 7.75. The van der Waals surface area contributed by atoms with Gasteiger partial charge in [0.25, 0.3) is 0 Å². The van der Waals surface area contributed by atoms with Crippen LogP contribution in [0.15, 0.2) is 43.2 Å². The highest BCUT2D eigenvalue weighted by Gasteiger charge is 2.12. The van der Waals surface area contributed by atoms with Gasteiger partial charge in [-0.3, -0.25) is 10.1 Å². The van der Waals surface area contributed by atoms with Crippen molar-refractivity contribution in [3.05, 3.63) is 43.2 Å². The third-order valence-electron chi connectivity index (χ3n) is 3.75. The molecule has 0 spiro atoms. The highest BCUT2D eigenvalue weighted by Crippen LogP contribution is 2.30. The number of rotatable bonds is 5. The lowest BCUT2D eigenvalue weighted by Gasteiger charge is -2.08. The van der Waals surface area contributed by atoms with Crippen LogP contribution in [-0.2, 0) is 0 Å². The third-order valence-corrected chi connectivity index (χ3v) is 3.75. The molecule has 0 aliphatic heterocycles. The summed E-state index contributed by atoms with van der Waals surface area (Å²) in [7, 11) is 0. The molecule has 8 heteroatoms. The fourth-order valence-electron chi connectivity index (χ4n) is 2.55. The molecule has 0 saturated carbocycles. The summed E-state index contributed by atoms with van der Waals surface area (Å²) in [5.74, 6) is 0.447. The molecular weight excluding hydrogens is 318 g/mol. The molecule has 0 fully saturated rings. The molecule has 4 aromatic heterocycles. The molecule has 126 valence electrons. The Bertz CT molecular complexity index is 991. The number of ether oxygens (including phenoxy) is 1. The van der Waals surface area contributed by atoms with E-state index >= 15 is 0 Å². The number of hydrogen-bond donors (Lipinski definition) is 3. The lowest BCUT2D eigenvalue weighted by Crippen LogP contribution is -2.23. The van der Waals surface area contributed by atoms with E-state index in [0.29, 0.717) is 18.2 Å². The minimum Gasteiger partial charge on any atom is -0.475 e. The van der Waals surface area contributed by atoms with E-state index in [1.54, 1.807) is 24.8 Å². The molecule has 4 aromatic rings. The van der Waals surface area contributed by atoms with Crippen LogP contribution in [0.3, 0.4) is 0 Å². The SMILES string of the molecule is C[C@@H](N)COc1cncc(-c2c[nH]c3ncc(-c4cn[nH]c4)cc23)n1. The van der Waals surface area contributed by atoms with E-state index in [2.05, 4.69) is 36.2 Å². The van der Waals surface area contributed by atoms with Gasteiger partial charge in [-0.05, 0) is 13.0 Å². The second-order valence-corrected chi connectivity index (χ2v) is 5.84. The van der Waals surface area contributed by atoms with Gasteiger partial charge in [0.1, 0.15) is 12.3 Å². The van der Waals surface area contributed by atoms with Gasteiger partial charge in [0.15, 0.2) is 0 Å². The van der Waals surface area contributed by atoms with Gasteiger partial charge in [-0.2, -0.15) is 5.10 Å². The van der Waals surface area contributed by atoms with Crippen LogP contribution in [0.25, 0.3) is 33.4 Å². The van der Waals surface area contributed by atoms with Crippen LogP contribution in [0.1, 0.15) is 6.92 Å². The van der Waals surface area contributed by atoms with Gasteiger partial charge in [0, 0.05) is 46.7 Å². The topological polar surface area (TPSA) is 118 Å². The minimum absolute atomic E-state index is 0.0692. The smallest absolute Gasteiger partial charge is 0.232 e. The summed E-state index contributed by atoms with van der Waals surface area (Å²) in [6.45, 7) is 2.26. The standard InChI is InChI=1S/C17H17N7O/c1-10(18)9-25-16-8-19-7-15(24-16)14-6-21-17-13(14)2-11(3-20-17)12-4-22-23-5-12/h2-8,10H,9,18H2,1H3,(H,20,21)(H,22,23)/t10-/m1/s1. The normalized spacial score (nSPS) is 12.4. The average molecular weight is 335 g/mol. The number of pyridine rings is 1. The summed E-state index contributed by atoms with van der Waals surface area (Å²) in [4.78, 5) is 16.4. The molecule has 0 radical (unpaired) electrons. The third kappa shape index (κ3) is 3.07. The molecule has 0 bridgehead atoms. The van der Waals surface area contributed by atoms with E-state index in [4.69, 9.17) is 10.5 Å². The van der Waals surface area contributed by atoms with Crippen LogP contribution in [0.4, 0.5) is 0 Å². The number of fused-ring (bicyclic) bond motifs is 1. The van der Waals surface area contributed by atoms with Gasteiger partial charge in [-0.25, -0.2) is 9.97 Å². The van der Waals surface area contributed by atoms with Crippen molar-refractivity contribution in [2.45, 2.75) is 13.0 Å². The molecule has 0 amide bonds. The van der Waals surface area contributed by atoms with Gasteiger partial charge < -0.3 is 15.5 Å². The first kappa shape index (κ1) is 15.3. The largest absolute Gasteiger partial charge is 0.475 e. The Morgan fingerprint density at radius 1 is 1.16 bits per heavy atom. The van der Waals surface area contributed by atoms with Crippen LogP contribution < -0.4 is 10.5 Å². The Labute approximate surface area is 143 Å². The van der Waals surface area contributed by atoms with Crippen molar-refractivity contribution in [3.63, 3.8) is 0 Å². The average Bonchev–Trinajstić information content (AvgIpc) is 3.29. The molecule has 0 aliphatic carbocycles. The molecule has 0 saturated heterocycles. The molecular formula is C17H17N7O. The van der Waals surface area contributed by atoms with E-state index in [9.17, 15) is 0 Å². The van der Waals surface area contributed by atoms with Gasteiger partial charge >= 0.3 is 0 Å². The summed E-state index contributed by atoms with van der Waals surface area (Å²) >= 11 is 0. The van der Waals surface area contributed by atoms with E-state index in [1.165, 1.54) is 0 Å². The second kappa shape index (κ2) is 6.33. The van der Waals surface area contributed by atoms with E-state index in [1.807, 2.05) is 19.3 Å². The maximum atomic E-state index is 5.72. The van der Waals surface area contributed by atoms with Gasteiger partial charge in [-0.1, -0.05) is 0 Å². The number of nitrogens with one attached hydrogen (secondary N) is 2. The monoisotopic (exact) mass is 335 g/mol. The van der Waals surface area contributed by atoms with Gasteiger partial charge in [0.2, 0.25) is 5.88 Å². The molecule has 8 nitrogen and oxygen atoms in total. The summed E-state index contributed by atoms with van der Waals surface area (Å²) < 4.78 is 5.56. The molecule has 4 N–H and O–H groups in total. The second-order valence-electron chi connectivity index (χ2n) is 5.84. The highest BCUT2D eigenvalue weighted by atomic mass is 16.5. The number of aromatic amines is 2.